The third-order valence-corrected chi connectivity index (χ3v) is 6.59. The van der Waals surface area contributed by atoms with E-state index in [9.17, 15) is 4.79 Å². The highest BCUT2D eigenvalue weighted by atomic mass is 32.2. The molecule has 3 aromatic rings. The maximum absolute atomic E-state index is 13.3. The van der Waals surface area contributed by atoms with Crippen LogP contribution in [-0.2, 0) is 6.54 Å². The summed E-state index contributed by atoms with van der Waals surface area (Å²) in [6.45, 7) is 4.89. The van der Waals surface area contributed by atoms with Crippen LogP contribution in [0.25, 0.3) is 22.2 Å². The van der Waals surface area contributed by atoms with Crippen LogP contribution in [0.3, 0.4) is 0 Å². The van der Waals surface area contributed by atoms with Crippen molar-refractivity contribution in [3.63, 3.8) is 0 Å². The SMILES string of the molecule is C#CCOc1ccc2c(c1)c(-c1ccc(C(C)C)cc1)nc(=O)n2CC1=CC2=CNSN2C=C1. The molecule has 0 unspecified atom stereocenters. The van der Waals surface area contributed by atoms with Gasteiger partial charge in [0, 0.05) is 23.3 Å². The first-order chi connectivity index (χ1) is 16.5. The molecule has 34 heavy (non-hydrogen) atoms. The Bertz CT molecular complexity index is 1440. The molecule has 0 spiro atoms. The third kappa shape index (κ3) is 4.20. The smallest absolute Gasteiger partial charge is 0.348 e. The molecular weight excluding hydrogens is 444 g/mol. The summed E-state index contributed by atoms with van der Waals surface area (Å²) in [7, 11) is 0. The van der Waals surface area contributed by atoms with Crippen molar-refractivity contribution in [1.29, 1.82) is 0 Å². The van der Waals surface area contributed by atoms with Gasteiger partial charge >= 0.3 is 5.69 Å². The second-order valence-corrected chi connectivity index (χ2v) is 9.23. The minimum Gasteiger partial charge on any atom is -0.481 e. The van der Waals surface area contributed by atoms with Crippen LogP contribution < -0.4 is 15.1 Å². The monoisotopic (exact) mass is 468 g/mol. The van der Waals surface area contributed by atoms with Gasteiger partial charge in [0.1, 0.15) is 12.4 Å². The van der Waals surface area contributed by atoms with Gasteiger partial charge in [0.2, 0.25) is 0 Å². The normalized spacial score (nSPS) is 14.5. The number of ether oxygens (including phenoxy) is 1. The minimum atomic E-state index is -0.294. The highest BCUT2D eigenvalue weighted by Crippen LogP contribution is 2.31. The van der Waals surface area contributed by atoms with Crippen molar-refractivity contribution in [2.24, 2.45) is 0 Å². The van der Waals surface area contributed by atoms with Crippen molar-refractivity contribution in [3.05, 3.63) is 94.3 Å². The number of fused-ring (bicyclic) bond motifs is 2. The molecule has 0 fully saturated rings. The standard InChI is InChI=1S/C27H24N4O2S/c1-4-13-33-23-9-10-25-24(15-23)26(21-7-5-20(6-8-21)18(2)3)29-27(32)30(25)17-19-11-12-31-22(14-19)16-28-34-31/h1,5-12,14-16,18,28H,13,17H2,2-3H3. The summed E-state index contributed by atoms with van der Waals surface area (Å²) in [5.74, 6) is 3.56. The van der Waals surface area contributed by atoms with Crippen LogP contribution in [-0.4, -0.2) is 20.5 Å². The second-order valence-electron chi connectivity index (χ2n) is 8.42. The van der Waals surface area contributed by atoms with E-state index in [2.05, 4.69) is 47.7 Å². The average Bonchev–Trinajstić information content (AvgIpc) is 3.32. The van der Waals surface area contributed by atoms with Crippen molar-refractivity contribution in [2.75, 3.05) is 6.61 Å². The molecule has 0 radical (unpaired) electrons. The first-order valence-electron chi connectivity index (χ1n) is 11.1. The van der Waals surface area contributed by atoms with Crippen LogP contribution >= 0.6 is 12.1 Å². The summed E-state index contributed by atoms with van der Waals surface area (Å²) >= 11 is 1.50. The van der Waals surface area contributed by atoms with Crippen LogP contribution in [0.5, 0.6) is 5.75 Å². The zero-order chi connectivity index (χ0) is 23.7. The number of aromatic nitrogens is 2. The number of rotatable bonds is 6. The Balaban J connectivity index is 1.62. The first-order valence-corrected chi connectivity index (χ1v) is 11.8. The Morgan fingerprint density at radius 2 is 2.03 bits per heavy atom. The Morgan fingerprint density at radius 1 is 1.21 bits per heavy atom. The van der Waals surface area contributed by atoms with Gasteiger partial charge in [0.25, 0.3) is 0 Å². The van der Waals surface area contributed by atoms with E-state index in [0.717, 1.165) is 27.7 Å². The zero-order valence-electron chi connectivity index (χ0n) is 19.0. The Kier molecular flexibility index (Phi) is 5.91. The molecule has 5 rings (SSSR count). The quantitative estimate of drug-likeness (QED) is 0.408. The van der Waals surface area contributed by atoms with Crippen LogP contribution in [0.1, 0.15) is 25.3 Å². The van der Waals surface area contributed by atoms with E-state index in [1.165, 1.54) is 17.7 Å². The summed E-state index contributed by atoms with van der Waals surface area (Å²) in [5.41, 5.74) is 5.31. The van der Waals surface area contributed by atoms with Gasteiger partial charge < -0.3 is 9.46 Å². The minimum absolute atomic E-state index is 0.173. The molecule has 2 aliphatic rings. The number of nitrogens with zero attached hydrogens (tertiary/aromatic N) is 3. The fourth-order valence-corrected chi connectivity index (χ4v) is 4.66. The lowest BCUT2D eigenvalue weighted by Gasteiger charge is -2.19. The third-order valence-electron chi connectivity index (χ3n) is 5.84. The summed E-state index contributed by atoms with van der Waals surface area (Å²) in [6.07, 6.45) is 13.4. The van der Waals surface area contributed by atoms with Crippen LogP contribution in [0.2, 0.25) is 0 Å². The van der Waals surface area contributed by atoms with E-state index >= 15 is 0 Å². The summed E-state index contributed by atoms with van der Waals surface area (Å²) in [6, 6.07) is 13.9. The van der Waals surface area contributed by atoms with E-state index in [1.54, 1.807) is 4.57 Å². The van der Waals surface area contributed by atoms with Crippen molar-refractivity contribution in [2.45, 2.75) is 26.3 Å². The van der Waals surface area contributed by atoms with E-state index < -0.39 is 0 Å². The molecule has 7 heteroatoms. The molecule has 2 aromatic carbocycles. The molecular formula is C27H24N4O2S. The van der Waals surface area contributed by atoms with Crippen molar-refractivity contribution < 1.29 is 4.74 Å². The van der Waals surface area contributed by atoms with Gasteiger partial charge in [-0.05, 0) is 47.4 Å². The Hall–Kier alpha value is -3.89. The van der Waals surface area contributed by atoms with Gasteiger partial charge in [0.05, 0.1) is 35.6 Å². The lowest BCUT2D eigenvalue weighted by Crippen LogP contribution is -2.25. The van der Waals surface area contributed by atoms with E-state index in [0.29, 0.717) is 23.9 Å². The first kappa shape index (κ1) is 21.9. The average molecular weight is 469 g/mol. The van der Waals surface area contributed by atoms with Crippen molar-refractivity contribution in [3.8, 4) is 29.4 Å². The van der Waals surface area contributed by atoms with Gasteiger partial charge in [0.15, 0.2) is 0 Å². The molecule has 3 heterocycles. The number of benzene rings is 2. The Morgan fingerprint density at radius 3 is 2.79 bits per heavy atom. The summed E-state index contributed by atoms with van der Waals surface area (Å²) < 4.78 is 12.5. The van der Waals surface area contributed by atoms with Crippen molar-refractivity contribution in [1.82, 2.24) is 18.6 Å². The zero-order valence-corrected chi connectivity index (χ0v) is 19.8. The molecule has 0 bridgehead atoms. The molecule has 0 saturated heterocycles. The van der Waals surface area contributed by atoms with E-state index in [-0.39, 0.29) is 12.3 Å². The predicted molar refractivity (Wildman–Crippen MR) is 138 cm³/mol. The van der Waals surface area contributed by atoms with Gasteiger partial charge in [-0.1, -0.05) is 44.0 Å². The predicted octanol–water partition coefficient (Wildman–Crippen LogP) is 4.96. The molecule has 2 aliphatic heterocycles. The van der Waals surface area contributed by atoms with E-state index in [4.69, 9.17) is 11.2 Å². The van der Waals surface area contributed by atoms with Gasteiger partial charge in [-0.15, -0.1) is 6.42 Å². The van der Waals surface area contributed by atoms with E-state index in [1.807, 2.05) is 53.1 Å². The summed E-state index contributed by atoms with van der Waals surface area (Å²) in [5, 5.41) is 0.839. The number of terminal acetylenes is 1. The number of hydrogen-bond donors (Lipinski definition) is 1. The topological polar surface area (TPSA) is 59.4 Å². The molecule has 6 nitrogen and oxygen atoms in total. The molecule has 0 saturated carbocycles. The molecule has 0 aliphatic carbocycles. The van der Waals surface area contributed by atoms with Gasteiger partial charge in [-0.2, -0.15) is 4.98 Å². The number of allylic oxidation sites excluding steroid dienone is 3. The van der Waals surface area contributed by atoms with Crippen molar-refractivity contribution >= 4 is 23.0 Å². The number of hydrogen-bond acceptors (Lipinski definition) is 6. The maximum Gasteiger partial charge on any atom is 0.348 e. The lowest BCUT2D eigenvalue weighted by molar-refractivity contribution is 0.371. The number of nitrogens with one attached hydrogen (secondary N) is 1. The fraction of sp³-hybridized carbons (Fsp3) is 0.185. The Labute approximate surface area is 202 Å². The molecule has 170 valence electrons. The lowest BCUT2D eigenvalue weighted by atomic mass is 9.99. The molecule has 0 atom stereocenters. The van der Waals surface area contributed by atoms with Gasteiger partial charge in [-0.25, -0.2) is 4.79 Å². The van der Waals surface area contributed by atoms with Crippen LogP contribution in [0.4, 0.5) is 0 Å². The molecule has 1 N–H and O–H groups in total. The largest absolute Gasteiger partial charge is 0.481 e. The van der Waals surface area contributed by atoms with Crippen LogP contribution in [0.15, 0.2) is 83.1 Å². The fourth-order valence-electron chi connectivity index (χ4n) is 4.04. The summed E-state index contributed by atoms with van der Waals surface area (Å²) in [4.78, 5) is 17.8. The van der Waals surface area contributed by atoms with Crippen LogP contribution in [0, 0.1) is 12.3 Å². The molecule has 0 amide bonds. The highest BCUT2D eigenvalue weighted by molar-refractivity contribution is 7.95. The maximum atomic E-state index is 13.3. The second kappa shape index (κ2) is 9.16. The molecule has 1 aromatic heterocycles. The van der Waals surface area contributed by atoms with Gasteiger partial charge in [-0.3, -0.25) is 8.87 Å². The highest BCUT2D eigenvalue weighted by Gasteiger charge is 2.18.